The molecule has 0 saturated heterocycles. The smallest absolute Gasteiger partial charge is 0.245 e. The van der Waals surface area contributed by atoms with Gasteiger partial charge in [-0.2, -0.15) is 0 Å². The Labute approximate surface area is 152 Å². The standard InChI is InChI=1S/C23H21N2O/c1-16(14-26)24-15-25(22-13-7-6-12-21(22)24)23-19-10-4-2-8-17(19)18-9-3-5-11-20(18)23/h2-13,15-16,23,26H,14H2,1H3/q+1/t16-/m0/s1. The molecule has 4 aromatic rings. The normalized spacial score (nSPS) is 14.4. The van der Waals surface area contributed by atoms with Gasteiger partial charge in [-0.15, -0.1) is 0 Å². The van der Waals surface area contributed by atoms with Gasteiger partial charge in [0, 0.05) is 11.1 Å². The fourth-order valence-electron chi connectivity index (χ4n) is 4.23. The van der Waals surface area contributed by atoms with E-state index in [1.807, 2.05) is 6.92 Å². The number of imidazole rings is 1. The van der Waals surface area contributed by atoms with Crippen LogP contribution < -0.4 is 4.57 Å². The molecule has 1 aliphatic rings. The van der Waals surface area contributed by atoms with Crippen LogP contribution in [0, 0.1) is 0 Å². The third kappa shape index (κ3) is 2.07. The fraction of sp³-hybridized carbons (Fsp3) is 0.174. The van der Waals surface area contributed by atoms with Crippen LogP contribution in [0.2, 0.25) is 0 Å². The molecule has 26 heavy (non-hydrogen) atoms. The molecule has 0 fully saturated rings. The Hall–Kier alpha value is -2.91. The first-order valence-electron chi connectivity index (χ1n) is 9.09. The van der Waals surface area contributed by atoms with E-state index in [0.29, 0.717) is 0 Å². The van der Waals surface area contributed by atoms with Crippen molar-refractivity contribution in [3.63, 3.8) is 0 Å². The highest BCUT2D eigenvalue weighted by Crippen LogP contribution is 2.43. The summed E-state index contributed by atoms with van der Waals surface area (Å²) in [5.74, 6) is 0. The lowest BCUT2D eigenvalue weighted by Crippen LogP contribution is -2.39. The number of rotatable bonds is 3. The van der Waals surface area contributed by atoms with Crippen LogP contribution in [-0.4, -0.2) is 16.3 Å². The summed E-state index contributed by atoms with van der Waals surface area (Å²) < 4.78 is 4.53. The molecule has 0 bridgehead atoms. The van der Waals surface area contributed by atoms with Crippen molar-refractivity contribution in [1.29, 1.82) is 0 Å². The van der Waals surface area contributed by atoms with Gasteiger partial charge >= 0.3 is 0 Å². The number of nitrogens with zero attached hydrogens (tertiary/aromatic N) is 2. The Morgan fingerprint density at radius 2 is 1.46 bits per heavy atom. The first-order chi connectivity index (χ1) is 12.8. The number of fused-ring (bicyclic) bond motifs is 4. The van der Waals surface area contributed by atoms with Gasteiger partial charge in [0.25, 0.3) is 0 Å². The highest BCUT2D eigenvalue weighted by Gasteiger charge is 2.35. The molecule has 0 radical (unpaired) electrons. The van der Waals surface area contributed by atoms with Gasteiger partial charge in [-0.3, -0.25) is 0 Å². The number of para-hydroxylation sites is 2. The average Bonchev–Trinajstić information content (AvgIpc) is 3.23. The lowest BCUT2D eigenvalue weighted by Gasteiger charge is -2.11. The molecule has 3 aromatic carbocycles. The van der Waals surface area contributed by atoms with Gasteiger partial charge in [0.15, 0.2) is 17.1 Å². The molecule has 1 aromatic heterocycles. The molecule has 1 aliphatic carbocycles. The van der Waals surface area contributed by atoms with Crippen LogP contribution in [-0.2, 0) is 0 Å². The van der Waals surface area contributed by atoms with Crippen molar-refractivity contribution in [2.75, 3.05) is 6.61 Å². The highest BCUT2D eigenvalue weighted by molar-refractivity contribution is 5.79. The maximum Gasteiger partial charge on any atom is 0.245 e. The summed E-state index contributed by atoms with van der Waals surface area (Å²) in [6.07, 6.45) is 2.16. The molecule has 5 rings (SSSR count). The average molecular weight is 341 g/mol. The minimum Gasteiger partial charge on any atom is -0.392 e. The second kappa shape index (κ2) is 5.82. The topological polar surface area (TPSA) is 29.0 Å². The summed E-state index contributed by atoms with van der Waals surface area (Å²) in [6.45, 7) is 2.17. The van der Waals surface area contributed by atoms with Crippen molar-refractivity contribution in [1.82, 2.24) is 4.57 Å². The molecular formula is C23H21N2O+. The molecule has 3 nitrogen and oxygen atoms in total. The van der Waals surface area contributed by atoms with Crippen LogP contribution in [0.25, 0.3) is 22.2 Å². The molecule has 0 saturated carbocycles. The Morgan fingerprint density at radius 3 is 2.12 bits per heavy atom. The van der Waals surface area contributed by atoms with Gasteiger partial charge in [-0.25, -0.2) is 9.13 Å². The van der Waals surface area contributed by atoms with E-state index in [1.165, 1.54) is 27.8 Å². The van der Waals surface area contributed by atoms with Crippen molar-refractivity contribution < 1.29 is 9.67 Å². The second-order valence-corrected chi connectivity index (χ2v) is 7.03. The maximum atomic E-state index is 9.71. The predicted molar refractivity (Wildman–Crippen MR) is 103 cm³/mol. The third-order valence-electron chi connectivity index (χ3n) is 5.51. The number of aromatic nitrogens is 2. The zero-order chi connectivity index (χ0) is 17.7. The van der Waals surface area contributed by atoms with Crippen LogP contribution in [0.1, 0.15) is 30.1 Å². The monoisotopic (exact) mass is 341 g/mol. The number of hydrogen-bond acceptors (Lipinski definition) is 1. The van der Waals surface area contributed by atoms with E-state index in [0.717, 1.165) is 5.52 Å². The minimum absolute atomic E-state index is 0.0352. The Morgan fingerprint density at radius 1 is 0.885 bits per heavy atom. The molecule has 3 heteroatoms. The molecule has 128 valence electrons. The van der Waals surface area contributed by atoms with Crippen LogP contribution in [0.4, 0.5) is 0 Å². The number of benzene rings is 3. The van der Waals surface area contributed by atoms with E-state index < -0.39 is 0 Å². The van der Waals surface area contributed by atoms with Crippen molar-refractivity contribution >= 4 is 11.0 Å². The zero-order valence-corrected chi connectivity index (χ0v) is 14.7. The molecule has 0 aliphatic heterocycles. The zero-order valence-electron chi connectivity index (χ0n) is 14.7. The quantitative estimate of drug-likeness (QED) is 0.492. The van der Waals surface area contributed by atoms with E-state index in [1.54, 1.807) is 0 Å². The molecular weight excluding hydrogens is 320 g/mol. The second-order valence-electron chi connectivity index (χ2n) is 7.03. The minimum atomic E-state index is 0.0352. The summed E-state index contributed by atoms with van der Waals surface area (Å²) in [5, 5.41) is 9.71. The van der Waals surface area contributed by atoms with Gasteiger partial charge in [0.2, 0.25) is 6.33 Å². The summed E-state index contributed by atoms with van der Waals surface area (Å²) in [6, 6.07) is 26.0. The molecule has 0 unspecified atom stereocenters. The van der Waals surface area contributed by atoms with Crippen molar-refractivity contribution in [2.45, 2.75) is 19.0 Å². The summed E-state index contributed by atoms with van der Waals surface area (Å²) in [4.78, 5) is 0. The molecule has 1 atom stereocenters. The number of aliphatic hydroxyl groups excluding tert-OH is 1. The lowest BCUT2D eigenvalue weighted by molar-refractivity contribution is -0.679. The predicted octanol–water partition coefficient (Wildman–Crippen LogP) is 4.10. The summed E-state index contributed by atoms with van der Waals surface area (Å²) in [5.41, 5.74) is 7.62. The van der Waals surface area contributed by atoms with E-state index in [-0.39, 0.29) is 18.7 Å². The molecule has 0 spiro atoms. The highest BCUT2D eigenvalue weighted by atomic mass is 16.3. The number of hydrogen-bond donors (Lipinski definition) is 1. The van der Waals surface area contributed by atoms with Crippen molar-refractivity contribution in [2.24, 2.45) is 0 Å². The SMILES string of the molecule is C[C@@H](CO)n1c[n+](C2c3ccccc3-c3ccccc32)c2ccccc21. The van der Waals surface area contributed by atoms with Gasteiger partial charge in [-0.1, -0.05) is 60.7 Å². The Bertz CT molecular complexity index is 1070. The van der Waals surface area contributed by atoms with Gasteiger partial charge in [0.05, 0.1) is 6.61 Å². The van der Waals surface area contributed by atoms with E-state index in [9.17, 15) is 5.11 Å². The molecule has 0 amide bonds. The van der Waals surface area contributed by atoms with E-state index in [2.05, 4.69) is 88.3 Å². The third-order valence-corrected chi connectivity index (χ3v) is 5.51. The van der Waals surface area contributed by atoms with Crippen LogP contribution >= 0.6 is 0 Å². The largest absolute Gasteiger partial charge is 0.392 e. The Kier molecular flexibility index (Phi) is 3.44. The lowest BCUT2D eigenvalue weighted by atomic mass is 10.1. The Balaban J connectivity index is 1.81. The molecule has 1 N–H and O–H groups in total. The van der Waals surface area contributed by atoms with Crippen LogP contribution in [0.5, 0.6) is 0 Å². The van der Waals surface area contributed by atoms with Gasteiger partial charge in [0.1, 0.15) is 6.04 Å². The van der Waals surface area contributed by atoms with Crippen molar-refractivity contribution in [3.8, 4) is 11.1 Å². The van der Waals surface area contributed by atoms with Crippen molar-refractivity contribution in [3.05, 3.63) is 90.3 Å². The van der Waals surface area contributed by atoms with E-state index in [4.69, 9.17) is 0 Å². The molecule has 1 heterocycles. The first kappa shape index (κ1) is 15.4. The first-order valence-corrected chi connectivity index (χ1v) is 9.09. The fourth-order valence-corrected chi connectivity index (χ4v) is 4.23. The van der Waals surface area contributed by atoms with Crippen LogP contribution in [0.3, 0.4) is 0 Å². The maximum absolute atomic E-state index is 9.71. The summed E-state index contributed by atoms with van der Waals surface area (Å²) in [7, 11) is 0. The number of aliphatic hydroxyl groups is 1. The van der Waals surface area contributed by atoms with Crippen LogP contribution in [0.15, 0.2) is 79.1 Å². The van der Waals surface area contributed by atoms with E-state index >= 15 is 0 Å². The van der Waals surface area contributed by atoms with Gasteiger partial charge in [-0.05, 0) is 30.2 Å². The summed E-state index contributed by atoms with van der Waals surface area (Å²) >= 11 is 0. The van der Waals surface area contributed by atoms with Gasteiger partial charge < -0.3 is 5.11 Å².